The molecule has 1 aromatic carbocycles. The molecule has 96 valence electrons. The van der Waals surface area contributed by atoms with Crippen molar-refractivity contribution < 1.29 is 14.7 Å². The van der Waals surface area contributed by atoms with Crippen LogP contribution in [0.5, 0.6) is 11.5 Å². The van der Waals surface area contributed by atoms with E-state index in [9.17, 15) is 5.21 Å². The van der Waals surface area contributed by atoms with E-state index in [1.54, 1.807) is 0 Å². The van der Waals surface area contributed by atoms with Gasteiger partial charge in [-0.2, -0.15) is 0 Å². The van der Waals surface area contributed by atoms with Gasteiger partial charge in [0.05, 0.1) is 0 Å². The number of fused-ring (bicyclic) bond motifs is 1. The van der Waals surface area contributed by atoms with Crippen LogP contribution in [0.2, 0.25) is 0 Å². The summed E-state index contributed by atoms with van der Waals surface area (Å²) < 4.78 is 10.6. The van der Waals surface area contributed by atoms with Gasteiger partial charge in [-0.1, -0.05) is 5.16 Å². The van der Waals surface area contributed by atoms with Gasteiger partial charge in [-0.25, -0.2) is 0 Å². The SMILES string of the molecule is O/N=C(\c1ccc2c(c1)OCO2)N1CCCCC1. The Morgan fingerprint density at radius 2 is 1.89 bits per heavy atom. The fourth-order valence-electron chi connectivity index (χ4n) is 2.44. The number of oxime groups is 1. The minimum absolute atomic E-state index is 0.258. The molecule has 0 aromatic heterocycles. The zero-order valence-corrected chi connectivity index (χ0v) is 10.1. The molecular formula is C13H16N2O3. The molecule has 5 heteroatoms. The summed E-state index contributed by atoms with van der Waals surface area (Å²) in [6.45, 7) is 2.13. The Kier molecular flexibility index (Phi) is 2.96. The van der Waals surface area contributed by atoms with Crippen LogP contribution in [0, 0.1) is 0 Å². The highest BCUT2D eigenvalue weighted by Crippen LogP contribution is 2.33. The number of nitrogens with zero attached hydrogens (tertiary/aromatic N) is 2. The molecular weight excluding hydrogens is 232 g/mol. The summed E-state index contributed by atoms with van der Waals surface area (Å²) in [5.41, 5.74) is 0.864. The van der Waals surface area contributed by atoms with E-state index in [1.807, 2.05) is 18.2 Å². The van der Waals surface area contributed by atoms with Crippen LogP contribution in [-0.4, -0.2) is 35.8 Å². The minimum Gasteiger partial charge on any atom is -0.454 e. The van der Waals surface area contributed by atoms with Gasteiger partial charge in [0, 0.05) is 18.7 Å². The highest BCUT2D eigenvalue weighted by atomic mass is 16.7. The molecule has 2 aliphatic rings. The Morgan fingerprint density at radius 1 is 1.11 bits per heavy atom. The monoisotopic (exact) mass is 248 g/mol. The van der Waals surface area contributed by atoms with Crippen LogP contribution in [0.1, 0.15) is 24.8 Å². The van der Waals surface area contributed by atoms with Gasteiger partial charge in [0.1, 0.15) is 0 Å². The van der Waals surface area contributed by atoms with Crippen molar-refractivity contribution in [1.82, 2.24) is 4.90 Å². The Labute approximate surface area is 106 Å². The van der Waals surface area contributed by atoms with Gasteiger partial charge in [-0.15, -0.1) is 0 Å². The van der Waals surface area contributed by atoms with Crippen LogP contribution in [-0.2, 0) is 0 Å². The molecule has 0 aliphatic carbocycles. The van der Waals surface area contributed by atoms with Crippen molar-refractivity contribution in [2.75, 3.05) is 19.9 Å². The second-order valence-electron chi connectivity index (χ2n) is 4.54. The average molecular weight is 248 g/mol. The molecule has 1 saturated heterocycles. The van der Waals surface area contributed by atoms with Crippen molar-refractivity contribution in [1.29, 1.82) is 0 Å². The number of hydrogen-bond donors (Lipinski definition) is 1. The Morgan fingerprint density at radius 3 is 2.67 bits per heavy atom. The molecule has 5 nitrogen and oxygen atoms in total. The van der Waals surface area contributed by atoms with Crippen molar-refractivity contribution in [3.05, 3.63) is 23.8 Å². The van der Waals surface area contributed by atoms with Crippen molar-refractivity contribution >= 4 is 5.84 Å². The van der Waals surface area contributed by atoms with Crippen LogP contribution >= 0.6 is 0 Å². The second kappa shape index (κ2) is 4.76. The number of amidine groups is 1. The van der Waals surface area contributed by atoms with E-state index < -0.39 is 0 Å². The lowest BCUT2D eigenvalue weighted by Crippen LogP contribution is -2.36. The quantitative estimate of drug-likeness (QED) is 0.357. The van der Waals surface area contributed by atoms with E-state index >= 15 is 0 Å². The summed E-state index contributed by atoms with van der Waals surface area (Å²) in [7, 11) is 0. The third kappa shape index (κ3) is 1.96. The molecule has 0 saturated carbocycles. The average Bonchev–Trinajstić information content (AvgIpc) is 2.88. The number of benzene rings is 1. The molecule has 1 fully saturated rings. The van der Waals surface area contributed by atoms with Gasteiger partial charge in [0.25, 0.3) is 0 Å². The molecule has 1 N–H and O–H groups in total. The largest absolute Gasteiger partial charge is 0.454 e. The van der Waals surface area contributed by atoms with Gasteiger partial charge in [-0.05, 0) is 37.5 Å². The summed E-state index contributed by atoms with van der Waals surface area (Å²) in [5.74, 6) is 2.08. The maximum absolute atomic E-state index is 9.25. The number of ether oxygens (including phenoxy) is 2. The highest BCUT2D eigenvalue weighted by molar-refractivity contribution is 5.99. The Hall–Kier alpha value is -1.91. The van der Waals surface area contributed by atoms with Crippen molar-refractivity contribution in [2.45, 2.75) is 19.3 Å². The fourth-order valence-corrected chi connectivity index (χ4v) is 2.44. The zero-order valence-electron chi connectivity index (χ0n) is 10.1. The normalized spacial score (nSPS) is 19.1. The molecule has 0 bridgehead atoms. The number of piperidine rings is 1. The van der Waals surface area contributed by atoms with Gasteiger partial charge in [0.15, 0.2) is 17.3 Å². The second-order valence-corrected chi connectivity index (χ2v) is 4.54. The summed E-state index contributed by atoms with van der Waals surface area (Å²) >= 11 is 0. The molecule has 3 rings (SSSR count). The van der Waals surface area contributed by atoms with E-state index in [4.69, 9.17) is 9.47 Å². The number of hydrogen-bond acceptors (Lipinski definition) is 4. The first-order chi connectivity index (χ1) is 8.88. The summed E-state index contributed by atoms with van der Waals surface area (Å²) in [5, 5.41) is 12.7. The van der Waals surface area contributed by atoms with Crippen LogP contribution in [0.15, 0.2) is 23.4 Å². The predicted octanol–water partition coefficient (Wildman–Crippen LogP) is 2.04. The van der Waals surface area contributed by atoms with E-state index in [-0.39, 0.29) is 6.79 Å². The minimum atomic E-state index is 0.258. The van der Waals surface area contributed by atoms with E-state index in [1.165, 1.54) is 6.42 Å². The van der Waals surface area contributed by atoms with E-state index in [2.05, 4.69) is 10.1 Å². The molecule has 1 aromatic rings. The van der Waals surface area contributed by atoms with Crippen LogP contribution < -0.4 is 9.47 Å². The highest BCUT2D eigenvalue weighted by Gasteiger charge is 2.20. The first-order valence-electron chi connectivity index (χ1n) is 6.25. The molecule has 2 aliphatic heterocycles. The fraction of sp³-hybridized carbons (Fsp3) is 0.462. The zero-order chi connectivity index (χ0) is 12.4. The summed E-state index contributed by atoms with van der Waals surface area (Å²) in [4.78, 5) is 2.11. The lowest BCUT2D eigenvalue weighted by molar-refractivity contribution is 0.174. The number of likely N-dealkylation sites (tertiary alicyclic amines) is 1. The molecule has 0 spiro atoms. The van der Waals surface area contributed by atoms with Crippen LogP contribution in [0.3, 0.4) is 0 Å². The first-order valence-corrected chi connectivity index (χ1v) is 6.25. The maximum Gasteiger partial charge on any atom is 0.231 e. The van der Waals surface area contributed by atoms with Crippen molar-refractivity contribution in [3.63, 3.8) is 0 Å². The Bertz CT molecular complexity index is 467. The van der Waals surface area contributed by atoms with Crippen LogP contribution in [0.25, 0.3) is 0 Å². The molecule has 0 atom stereocenters. The van der Waals surface area contributed by atoms with Gasteiger partial charge in [0.2, 0.25) is 6.79 Å². The smallest absolute Gasteiger partial charge is 0.231 e. The van der Waals surface area contributed by atoms with E-state index in [0.717, 1.165) is 37.2 Å². The predicted molar refractivity (Wildman–Crippen MR) is 66.3 cm³/mol. The van der Waals surface area contributed by atoms with Crippen molar-refractivity contribution in [3.8, 4) is 11.5 Å². The third-order valence-electron chi connectivity index (χ3n) is 3.38. The van der Waals surface area contributed by atoms with Crippen LogP contribution in [0.4, 0.5) is 0 Å². The molecule has 0 radical (unpaired) electrons. The number of rotatable bonds is 1. The lowest BCUT2D eigenvalue weighted by atomic mass is 10.1. The van der Waals surface area contributed by atoms with Gasteiger partial charge in [-0.3, -0.25) is 0 Å². The standard InChI is InChI=1S/C13H16N2O3/c16-14-13(15-6-2-1-3-7-15)10-4-5-11-12(8-10)18-9-17-11/h4-5,8,16H,1-3,6-7,9H2/b14-13+. The van der Waals surface area contributed by atoms with Crippen molar-refractivity contribution in [2.24, 2.45) is 5.16 Å². The lowest BCUT2D eigenvalue weighted by Gasteiger charge is -2.28. The van der Waals surface area contributed by atoms with Gasteiger partial charge >= 0.3 is 0 Å². The molecule has 18 heavy (non-hydrogen) atoms. The third-order valence-corrected chi connectivity index (χ3v) is 3.38. The van der Waals surface area contributed by atoms with E-state index in [0.29, 0.717) is 11.6 Å². The molecule has 0 unspecified atom stereocenters. The molecule has 0 amide bonds. The first kappa shape index (κ1) is 11.2. The molecule has 2 heterocycles. The summed E-state index contributed by atoms with van der Waals surface area (Å²) in [6.07, 6.45) is 3.53. The summed E-state index contributed by atoms with van der Waals surface area (Å²) in [6, 6.07) is 5.62. The Balaban J connectivity index is 1.87. The maximum atomic E-state index is 9.25. The van der Waals surface area contributed by atoms with Gasteiger partial charge < -0.3 is 19.6 Å². The topological polar surface area (TPSA) is 54.3 Å².